The number of rotatable bonds is 4. The van der Waals surface area contributed by atoms with Gasteiger partial charge in [0.2, 0.25) is 0 Å². The van der Waals surface area contributed by atoms with E-state index in [0.29, 0.717) is 11.3 Å². The molecule has 2 N–H and O–H groups in total. The predicted octanol–water partition coefficient (Wildman–Crippen LogP) is 2.92. The molecule has 2 heterocycles. The van der Waals surface area contributed by atoms with Crippen LogP contribution in [0, 0.1) is 11.6 Å². The van der Waals surface area contributed by atoms with Gasteiger partial charge in [-0.2, -0.15) is 0 Å². The van der Waals surface area contributed by atoms with Crippen molar-refractivity contribution in [3.63, 3.8) is 0 Å². The molecule has 3 rings (SSSR count). The minimum atomic E-state index is -1.15. The zero-order valence-electron chi connectivity index (χ0n) is 11.3. The Balaban J connectivity index is 1.95. The van der Waals surface area contributed by atoms with Gasteiger partial charge in [0.1, 0.15) is 17.3 Å². The summed E-state index contributed by atoms with van der Waals surface area (Å²) in [6.45, 7) is -0.0376. The van der Waals surface area contributed by atoms with E-state index in [1.807, 2.05) is 0 Å². The van der Waals surface area contributed by atoms with Crippen LogP contribution in [0.25, 0.3) is 5.65 Å². The number of benzene rings is 1. The summed E-state index contributed by atoms with van der Waals surface area (Å²) in [6.07, 6.45) is 3.00. The minimum Gasteiger partial charge on any atom is -0.476 e. The molecule has 7 heteroatoms. The lowest BCUT2D eigenvalue weighted by Gasteiger charge is -2.12. The summed E-state index contributed by atoms with van der Waals surface area (Å²) >= 11 is 0. The number of anilines is 1. The van der Waals surface area contributed by atoms with Crippen molar-refractivity contribution in [1.82, 2.24) is 9.38 Å². The van der Waals surface area contributed by atoms with Crippen LogP contribution in [0.2, 0.25) is 0 Å². The summed E-state index contributed by atoms with van der Waals surface area (Å²) in [7, 11) is 0. The van der Waals surface area contributed by atoms with Crippen LogP contribution >= 0.6 is 0 Å². The first kappa shape index (κ1) is 14.0. The molecule has 112 valence electrons. The Hall–Kier alpha value is -2.96. The van der Waals surface area contributed by atoms with Gasteiger partial charge in [-0.3, -0.25) is 4.40 Å². The quantitative estimate of drug-likeness (QED) is 0.777. The molecule has 0 fully saturated rings. The van der Waals surface area contributed by atoms with E-state index in [9.17, 15) is 18.7 Å². The number of fused-ring (bicyclic) bond motifs is 1. The van der Waals surface area contributed by atoms with E-state index in [1.165, 1.54) is 16.8 Å². The smallest absolute Gasteiger partial charge is 0.355 e. The van der Waals surface area contributed by atoms with Crippen molar-refractivity contribution in [2.75, 3.05) is 5.32 Å². The maximum Gasteiger partial charge on any atom is 0.355 e. The zero-order valence-corrected chi connectivity index (χ0v) is 11.3. The molecule has 0 atom stereocenters. The maximum absolute atomic E-state index is 13.6. The van der Waals surface area contributed by atoms with Crippen LogP contribution in [-0.2, 0) is 6.54 Å². The van der Waals surface area contributed by atoms with Gasteiger partial charge in [-0.15, -0.1) is 0 Å². The average Bonchev–Trinajstić information content (AvgIpc) is 2.95. The Morgan fingerprint density at radius 3 is 2.86 bits per heavy atom. The molecule has 0 amide bonds. The molecule has 0 bridgehead atoms. The molecule has 1 aromatic carbocycles. The number of pyridine rings is 1. The highest BCUT2D eigenvalue weighted by atomic mass is 19.1. The number of carbonyl (C=O) groups is 1. The molecule has 0 unspecified atom stereocenters. The van der Waals surface area contributed by atoms with Crippen molar-refractivity contribution in [3.8, 4) is 0 Å². The number of halogens is 2. The van der Waals surface area contributed by atoms with E-state index in [-0.39, 0.29) is 17.8 Å². The van der Waals surface area contributed by atoms with Gasteiger partial charge < -0.3 is 10.4 Å². The van der Waals surface area contributed by atoms with E-state index in [2.05, 4.69) is 10.3 Å². The number of carboxylic acids is 1. The van der Waals surface area contributed by atoms with Crippen molar-refractivity contribution in [2.24, 2.45) is 0 Å². The van der Waals surface area contributed by atoms with Crippen molar-refractivity contribution in [1.29, 1.82) is 0 Å². The Kier molecular flexibility index (Phi) is 3.46. The topological polar surface area (TPSA) is 66.6 Å². The van der Waals surface area contributed by atoms with Gasteiger partial charge >= 0.3 is 5.97 Å². The van der Waals surface area contributed by atoms with Gasteiger partial charge in [0.15, 0.2) is 5.69 Å². The maximum atomic E-state index is 13.6. The van der Waals surface area contributed by atoms with Gasteiger partial charge in [0.05, 0.1) is 5.69 Å². The number of nitrogens with one attached hydrogen (secondary N) is 1. The lowest BCUT2D eigenvalue weighted by molar-refractivity contribution is 0.0690. The fraction of sp³-hybridized carbons (Fsp3) is 0.0667. The summed E-state index contributed by atoms with van der Waals surface area (Å²) in [5, 5.41) is 12.2. The van der Waals surface area contributed by atoms with E-state index in [1.54, 1.807) is 12.1 Å². The summed E-state index contributed by atoms with van der Waals surface area (Å²) in [5.74, 6) is -2.26. The van der Waals surface area contributed by atoms with Crippen molar-refractivity contribution in [3.05, 3.63) is 65.6 Å². The van der Waals surface area contributed by atoms with Crippen LogP contribution in [0.15, 0.2) is 42.7 Å². The molecule has 0 aliphatic heterocycles. The molecule has 0 saturated carbocycles. The van der Waals surface area contributed by atoms with Crippen molar-refractivity contribution in [2.45, 2.75) is 6.54 Å². The number of aromatic carboxylic acids is 1. The zero-order chi connectivity index (χ0) is 15.7. The number of hydrogen-bond acceptors (Lipinski definition) is 3. The second-order valence-corrected chi connectivity index (χ2v) is 4.65. The normalized spacial score (nSPS) is 10.8. The summed E-state index contributed by atoms with van der Waals surface area (Å²) < 4.78 is 28.2. The molecular weight excluding hydrogens is 292 g/mol. The van der Waals surface area contributed by atoms with Gasteiger partial charge in [0, 0.05) is 24.5 Å². The van der Waals surface area contributed by atoms with Crippen LogP contribution in [0.3, 0.4) is 0 Å². The van der Waals surface area contributed by atoms with Gasteiger partial charge in [0.25, 0.3) is 0 Å². The Bertz CT molecular complexity index is 861. The fourth-order valence-corrected chi connectivity index (χ4v) is 2.22. The van der Waals surface area contributed by atoms with E-state index < -0.39 is 17.6 Å². The van der Waals surface area contributed by atoms with Gasteiger partial charge in [-0.1, -0.05) is 0 Å². The minimum absolute atomic E-state index is 0.0215. The monoisotopic (exact) mass is 303 g/mol. The first-order chi connectivity index (χ1) is 10.6. The lowest BCUT2D eigenvalue weighted by Crippen LogP contribution is -2.11. The number of nitrogens with zero attached hydrogens (tertiary/aromatic N) is 2. The largest absolute Gasteiger partial charge is 0.476 e. The van der Waals surface area contributed by atoms with Gasteiger partial charge in [-0.05, 0) is 30.3 Å². The molecule has 22 heavy (non-hydrogen) atoms. The molecule has 0 spiro atoms. The number of imidazole rings is 1. The highest BCUT2D eigenvalue weighted by molar-refractivity contribution is 5.93. The molecular formula is C15H11F2N3O2. The highest BCUT2D eigenvalue weighted by Crippen LogP contribution is 2.20. The number of carboxylic acid groups (broad SMARTS) is 1. The summed E-state index contributed by atoms with van der Waals surface area (Å²) in [4.78, 5) is 15.5. The van der Waals surface area contributed by atoms with Gasteiger partial charge in [-0.25, -0.2) is 18.6 Å². The molecule has 0 radical (unpaired) electrons. The first-order valence-corrected chi connectivity index (χ1v) is 6.43. The van der Waals surface area contributed by atoms with Crippen LogP contribution in [0.1, 0.15) is 16.1 Å². The lowest BCUT2D eigenvalue weighted by atomic mass is 10.2. The van der Waals surface area contributed by atoms with Crippen molar-refractivity contribution >= 4 is 17.3 Å². The predicted molar refractivity (Wildman–Crippen MR) is 75.8 cm³/mol. The Labute approximate surface area is 123 Å². The van der Waals surface area contributed by atoms with E-state index in [0.717, 1.165) is 18.2 Å². The summed E-state index contributed by atoms with van der Waals surface area (Å²) in [5.41, 5.74) is 0.871. The van der Waals surface area contributed by atoms with Crippen LogP contribution in [-0.4, -0.2) is 20.5 Å². The molecule has 0 saturated heterocycles. The van der Waals surface area contributed by atoms with Crippen LogP contribution in [0.4, 0.5) is 14.5 Å². The molecule has 5 nitrogen and oxygen atoms in total. The molecule has 0 aliphatic carbocycles. The van der Waals surface area contributed by atoms with E-state index >= 15 is 0 Å². The molecule has 3 aromatic rings. The standard InChI is InChI=1S/C15H11F2N3O2/c16-10-1-2-11(17)9(7-10)8-19-12-3-4-13-18-5-6-20(13)14(12)15(21)22/h1-7,19H,8H2,(H,21,22). The Morgan fingerprint density at radius 1 is 1.27 bits per heavy atom. The van der Waals surface area contributed by atoms with Crippen LogP contribution < -0.4 is 5.32 Å². The number of aromatic nitrogens is 2. The Morgan fingerprint density at radius 2 is 2.09 bits per heavy atom. The second kappa shape index (κ2) is 5.44. The third-order valence-electron chi connectivity index (χ3n) is 3.24. The molecule has 0 aliphatic rings. The second-order valence-electron chi connectivity index (χ2n) is 4.65. The third kappa shape index (κ3) is 2.48. The molecule has 2 aromatic heterocycles. The average molecular weight is 303 g/mol. The number of hydrogen-bond donors (Lipinski definition) is 2. The van der Waals surface area contributed by atoms with Crippen molar-refractivity contribution < 1.29 is 18.7 Å². The SMILES string of the molecule is O=C(O)c1c(NCc2cc(F)ccc2F)ccc2nccn12. The van der Waals surface area contributed by atoms with Crippen LogP contribution in [0.5, 0.6) is 0 Å². The third-order valence-corrected chi connectivity index (χ3v) is 3.24. The van der Waals surface area contributed by atoms with E-state index in [4.69, 9.17) is 0 Å². The summed E-state index contributed by atoms with van der Waals surface area (Å²) in [6, 6.07) is 6.31. The highest BCUT2D eigenvalue weighted by Gasteiger charge is 2.15. The fourth-order valence-electron chi connectivity index (χ4n) is 2.22. The first-order valence-electron chi connectivity index (χ1n) is 6.43.